The second-order valence-electron chi connectivity index (χ2n) is 6.12. The molecule has 2 aromatic rings. The minimum Gasteiger partial charge on any atom is -0.358 e. The molecule has 1 unspecified atom stereocenters. The van der Waals surface area contributed by atoms with Crippen LogP contribution in [0.3, 0.4) is 0 Å². The summed E-state index contributed by atoms with van der Waals surface area (Å²) in [5.41, 5.74) is 3.60. The molecule has 1 aromatic carbocycles. The van der Waals surface area contributed by atoms with E-state index in [1.165, 1.54) is 6.20 Å². The summed E-state index contributed by atoms with van der Waals surface area (Å²) in [6, 6.07) is 9.16. The van der Waals surface area contributed by atoms with Gasteiger partial charge in [0.15, 0.2) is 0 Å². The van der Waals surface area contributed by atoms with E-state index in [9.17, 15) is 4.79 Å². The summed E-state index contributed by atoms with van der Waals surface area (Å²) in [4.78, 5) is 18.7. The van der Waals surface area contributed by atoms with Crippen molar-refractivity contribution in [2.45, 2.75) is 13.3 Å². The SMILES string of the molecule is Cc1cc(C#N)cnc1C(=O)Nc1ccc(NPI)c(C(=N)N2CCC2)c1. The Hall–Kier alpha value is -2.24. The van der Waals surface area contributed by atoms with Gasteiger partial charge in [-0.25, -0.2) is 4.98 Å². The van der Waals surface area contributed by atoms with E-state index in [4.69, 9.17) is 10.7 Å². The number of aromatic nitrogens is 1. The van der Waals surface area contributed by atoms with Crippen molar-refractivity contribution in [2.75, 3.05) is 23.5 Å². The van der Waals surface area contributed by atoms with E-state index in [1.54, 1.807) is 13.0 Å². The van der Waals surface area contributed by atoms with Crippen molar-refractivity contribution in [3.63, 3.8) is 0 Å². The second kappa shape index (κ2) is 8.63. The van der Waals surface area contributed by atoms with Crippen molar-refractivity contribution < 1.29 is 4.79 Å². The number of nitrogens with zero attached hydrogens (tertiary/aromatic N) is 3. The van der Waals surface area contributed by atoms with Crippen molar-refractivity contribution in [1.29, 1.82) is 10.7 Å². The molecule has 1 fully saturated rings. The highest BCUT2D eigenvalue weighted by molar-refractivity contribution is 14.2. The summed E-state index contributed by atoms with van der Waals surface area (Å²) in [7, 11) is 0. The first-order valence-corrected chi connectivity index (χ1v) is 12.4. The Morgan fingerprint density at radius 3 is 2.78 bits per heavy atom. The van der Waals surface area contributed by atoms with E-state index >= 15 is 0 Å². The van der Waals surface area contributed by atoms with Crippen LogP contribution in [-0.2, 0) is 0 Å². The molecule has 1 saturated heterocycles. The molecular weight excluding hydrogens is 474 g/mol. The van der Waals surface area contributed by atoms with Gasteiger partial charge in [0.05, 0.1) is 5.56 Å². The molecule has 3 N–H and O–H groups in total. The topological polar surface area (TPSA) is 105 Å². The van der Waals surface area contributed by atoms with Crippen LogP contribution in [0.25, 0.3) is 0 Å². The quantitative estimate of drug-likeness (QED) is 0.254. The van der Waals surface area contributed by atoms with E-state index in [1.807, 2.05) is 29.2 Å². The lowest BCUT2D eigenvalue weighted by Gasteiger charge is -2.34. The molecule has 1 atom stereocenters. The average Bonchev–Trinajstić information content (AvgIpc) is 2.61. The number of halogens is 1. The number of aryl methyl sites for hydroxylation is 1. The highest BCUT2D eigenvalue weighted by Crippen LogP contribution is 2.30. The zero-order valence-corrected chi connectivity index (χ0v) is 17.8. The van der Waals surface area contributed by atoms with Gasteiger partial charge < -0.3 is 15.3 Å². The first-order chi connectivity index (χ1) is 13.0. The van der Waals surface area contributed by atoms with Crippen LogP contribution in [-0.4, -0.2) is 34.7 Å². The Kier molecular flexibility index (Phi) is 6.24. The van der Waals surface area contributed by atoms with Gasteiger partial charge in [0.25, 0.3) is 5.91 Å². The summed E-state index contributed by atoms with van der Waals surface area (Å²) in [6.45, 7) is 3.52. The molecule has 0 spiro atoms. The molecule has 7 nitrogen and oxygen atoms in total. The molecule has 1 aromatic heterocycles. The number of carbonyl (C=O) groups is 1. The minimum atomic E-state index is -0.338. The van der Waals surface area contributed by atoms with Crippen LogP contribution in [0.1, 0.15) is 33.6 Å². The molecule has 1 aliphatic heterocycles. The monoisotopic (exact) mass is 492 g/mol. The lowest BCUT2D eigenvalue weighted by molar-refractivity contribution is 0.102. The fourth-order valence-corrected chi connectivity index (χ4v) is 3.94. The first kappa shape index (κ1) is 19.5. The van der Waals surface area contributed by atoms with Gasteiger partial charge in [-0.2, -0.15) is 5.26 Å². The molecule has 2 heterocycles. The molecule has 27 heavy (non-hydrogen) atoms. The van der Waals surface area contributed by atoms with Crippen molar-refractivity contribution in [3.05, 3.63) is 52.8 Å². The molecule has 1 amide bonds. The normalized spacial score (nSPS) is 13.1. The van der Waals surface area contributed by atoms with Crippen molar-refractivity contribution in [1.82, 2.24) is 9.88 Å². The number of carbonyl (C=O) groups excluding carboxylic acids is 1. The Morgan fingerprint density at radius 1 is 1.41 bits per heavy atom. The molecule has 0 saturated carbocycles. The molecule has 9 heteroatoms. The van der Waals surface area contributed by atoms with Gasteiger partial charge in [0, 0.05) is 42.6 Å². The van der Waals surface area contributed by atoms with Gasteiger partial charge >= 0.3 is 0 Å². The highest BCUT2D eigenvalue weighted by Gasteiger charge is 2.21. The molecule has 1 aliphatic rings. The first-order valence-electron chi connectivity index (χ1n) is 8.31. The number of rotatable bonds is 5. The molecular formula is C18H18IN6OP. The van der Waals surface area contributed by atoms with Crippen molar-refractivity contribution >= 4 is 51.5 Å². The van der Waals surface area contributed by atoms with Crippen LogP contribution < -0.4 is 10.4 Å². The fourth-order valence-electron chi connectivity index (χ4n) is 2.75. The third-order valence-electron chi connectivity index (χ3n) is 4.31. The van der Waals surface area contributed by atoms with Gasteiger partial charge in [0.2, 0.25) is 0 Å². The highest BCUT2D eigenvalue weighted by atomic mass is 127. The third kappa shape index (κ3) is 4.37. The number of amidine groups is 1. The smallest absolute Gasteiger partial charge is 0.274 e. The van der Waals surface area contributed by atoms with Crippen molar-refractivity contribution in [2.24, 2.45) is 0 Å². The maximum atomic E-state index is 12.6. The molecule has 0 radical (unpaired) electrons. The van der Waals surface area contributed by atoms with Crippen molar-refractivity contribution in [3.8, 4) is 6.07 Å². The summed E-state index contributed by atoms with van der Waals surface area (Å²) in [6.07, 6.45) is 2.97. The van der Waals surface area contributed by atoms with Gasteiger partial charge in [-0.15, -0.1) is 0 Å². The maximum absolute atomic E-state index is 12.6. The van der Waals surface area contributed by atoms with Crippen LogP contribution in [0.2, 0.25) is 0 Å². The van der Waals surface area contributed by atoms with E-state index in [2.05, 4.69) is 37.4 Å². The number of likely N-dealkylation sites (tertiary alicyclic amines) is 1. The number of pyridine rings is 1. The zero-order chi connectivity index (χ0) is 19.4. The molecule has 0 aliphatic carbocycles. The van der Waals surface area contributed by atoms with Gasteiger partial charge in [0.1, 0.15) is 17.6 Å². The van der Waals surface area contributed by atoms with Crippen LogP contribution in [0, 0.1) is 23.7 Å². The largest absolute Gasteiger partial charge is 0.358 e. The lowest BCUT2D eigenvalue weighted by Crippen LogP contribution is -2.42. The predicted octanol–water partition coefficient (Wildman–Crippen LogP) is 3.90. The molecule has 138 valence electrons. The Labute approximate surface area is 172 Å². The number of anilines is 2. The fraction of sp³-hybridized carbons (Fsp3) is 0.222. The van der Waals surface area contributed by atoms with E-state index in [-0.39, 0.29) is 11.6 Å². The average molecular weight is 492 g/mol. The Balaban J connectivity index is 1.85. The predicted molar refractivity (Wildman–Crippen MR) is 117 cm³/mol. The number of benzene rings is 1. The van der Waals surface area contributed by atoms with Gasteiger partial charge in [-0.1, -0.05) is 0 Å². The van der Waals surface area contributed by atoms with Crippen LogP contribution in [0.4, 0.5) is 11.4 Å². The van der Waals surface area contributed by atoms with Crippen LogP contribution in [0.15, 0.2) is 30.5 Å². The minimum absolute atomic E-state index is 0.282. The van der Waals surface area contributed by atoms with Gasteiger partial charge in [-0.3, -0.25) is 10.2 Å². The maximum Gasteiger partial charge on any atom is 0.274 e. The zero-order valence-electron chi connectivity index (χ0n) is 14.6. The van der Waals surface area contributed by atoms with Crippen LogP contribution >= 0.6 is 28.4 Å². The number of nitriles is 1. The van der Waals surface area contributed by atoms with E-state index < -0.39 is 0 Å². The number of hydrogen-bond donors (Lipinski definition) is 3. The molecule has 0 bridgehead atoms. The summed E-state index contributed by atoms with van der Waals surface area (Å²) < 4.78 is 0. The number of hydrogen-bond acceptors (Lipinski definition) is 5. The summed E-state index contributed by atoms with van der Waals surface area (Å²) in [5, 5.41) is 23.5. The molecule has 3 rings (SSSR count). The van der Waals surface area contributed by atoms with Gasteiger partial charge in [-0.05, 0) is 65.2 Å². The Morgan fingerprint density at radius 2 is 2.19 bits per heavy atom. The number of nitrogens with one attached hydrogen (secondary N) is 3. The van der Waals surface area contributed by atoms with E-state index in [0.717, 1.165) is 30.8 Å². The van der Waals surface area contributed by atoms with E-state index in [0.29, 0.717) is 29.0 Å². The second-order valence-corrected chi connectivity index (χ2v) is 8.18. The standard InChI is InChI=1S/C18H18IN6OP/c1-11-7-12(9-20)10-22-16(11)18(26)23-13-3-4-15(24-27-19)14(8-13)17(21)25-5-2-6-25/h3-4,7-8,10,21,24,27H,2,5-6H2,1H3,(H,23,26). The Bertz CT molecular complexity index is 938. The number of amides is 1. The lowest BCUT2D eigenvalue weighted by atomic mass is 10.1. The summed E-state index contributed by atoms with van der Waals surface area (Å²) >= 11 is 2.25. The summed E-state index contributed by atoms with van der Waals surface area (Å²) in [5.74, 6) is 0.122. The third-order valence-corrected chi connectivity index (χ3v) is 5.48. The van der Waals surface area contributed by atoms with Crippen LogP contribution in [0.5, 0.6) is 0 Å².